The van der Waals surface area contributed by atoms with Crippen LogP contribution < -0.4 is 4.72 Å². The zero-order valence-electron chi connectivity index (χ0n) is 15.1. The monoisotopic (exact) mass is 384 g/mol. The summed E-state index contributed by atoms with van der Waals surface area (Å²) in [5.74, 6) is 0.0575. The van der Waals surface area contributed by atoms with Crippen molar-refractivity contribution in [2.24, 2.45) is 0 Å². The minimum absolute atomic E-state index is 0.0575. The second kappa shape index (κ2) is 6.47. The molecule has 0 saturated carbocycles. The summed E-state index contributed by atoms with van der Waals surface area (Å²) in [6, 6.07) is 8.70. The van der Waals surface area contributed by atoms with Crippen LogP contribution in [0.25, 0.3) is 22.2 Å². The van der Waals surface area contributed by atoms with Gasteiger partial charge in [-0.2, -0.15) is 0 Å². The van der Waals surface area contributed by atoms with Crippen LogP contribution in [0, 0.1) is 0 Å². The third kappa shape index (κ3) is 3.00. The van der Waals surface area contributed by atoms with Crippen molar-refractivity contribution in [1.82, 2.24) is 19.6 Å². The second-order valence-corrected chi connectivity index (χ2v) is 8.47. The van der Waals surface area contributed by atoms with E-state index in [9.17, 15) is 13.2 Å². The number of hydrogen-bond acceptors (Lipinski definition) is 4. The average molecular weight is 384 g/mol. The molecule has 0 radical (unpaired) electrons. The zero-order valence-corrected chi connectivity index (χ0v) is 15.9. The van der Waals surface area contributed by atoms with Crippen LogP contribution in [-0.2, 0) is 27.8 Å². The predicted molar refractivity (Wildman–Crippen MR) is 103 cm³/mol. The Morgan fingerprint density at radius 2 is 1.96 bits per heavy atom. The maximum Gasteiger partial charge on any atom is 0.240 e. The van der Waals surface area contributed by atoms with Gasteiger partial charge in [0.05, 0.1) is 4.90 Å². The van der Waals surface area contributed by atoms with E-state index in [0.717, 1.165) is 39.8 Å². The van der Waals surface area contributed by atoms with Gasteiger partial charge in [-0.3, -0.25) is 4.79 Å². The van der Waals surface area contributed by atoms with Gasteiger partial charge in [-0.1, -0.05) is 12.1 Å². The number of hydrogen-bond donors (Lipinski definition) is 2. The van der Waals surface area contributed by atoms with Gasteiger partial charge in [0.15, 0.2) is 0 Å². The number of carbonyl (C=O) groups excluding carboxylic acids is 1. The Balaban J connectivity index is 1.84. The van der Waals surface area contributed by atoms with Gasteiger partial charge < -0.3 is 9.88 Å². The van der Waals surface area contributed by atoms with Gasteiger partial charge in [-0.05, 0) is 36.4 Å². The summed E-state index contributed by atoms with van der Waals surface area (Å²) < 4.78 is 26.2. The number of benzene rings is 1. The van der Waals surface area contributed by atoms with Crippen LogP contribution in [-0.4, -0.2) is 42.8 Å². The highest BCUT2D eigenvalue weighted by molar-refractivity contribution is 7.89. The number of aromatic amines is 1. The molecule has 0 aliphatic carbocycles. The Labute approximate surface area is 157 Å². The molecule has 2 aromatic heterocycles. The molecule has 8 heteroatoms. The molecule has 27 heavy (non-hydrogen) atoms. The van der Waals surface area contributed by atoms with Crippen LogP contribution in [0.2, 0.25) is 0 Å². The van der Waals surface area contributed by atoms with Crippen LogP contribution in [0.1, 0.15) is 18.2 Å². The molecule has 0 atom stereocenters. The zero-order chi connectivity index (χ0) is 19.2. The number of sulfonamides is 1. The third-order valence-electron chi connectivity index (χ3n) is 5.06. The predicted octanol–water partition coefficient (Wildman–Crippen LogP) is 2.04. The van der Waals surface area contributed by atoms with Crippen LogP contribution >= 0.6 is 0 Å². The van der Waals surface area contributed by atoms with E-state index in [1.807, 2.05) is 11.0 Å². The number of aromatic nitrogens is 2. The first kappa shape index (κ1) is 17.7. The van der Waals surface area contributed by atoms with E-state index in [1.165, 1.54) is 7.05 Å². The van der Waals surface area contributed by atoms with E-state index in [-0.39, 0.29) is 10.8 Å². The van der Waals surface area contributed by atoms with Crippen LogP contribution in [0.4, 0.5) is 0 Å². The molecule has 0 fully saturated rings. The van der Waals surface area contributed by atoms with E-state index < -0.39 is 10.0 Å². The highest BCUT2D eigenvalue weighted by Crippen LogP contribution is 2.34. The molecular formula is C19H20N4O3S. The summed E-state index contributed by atoms with van der Waals surface area (Å²) in [4.78, 5) is 21.7. The lowest BCUT2D eigenvalue weighted by molar-refractivity contribution is -0.129. The third-order valence-corrected chi connectivity index (χ3v) is 6.49. The number of nitrogens with zero attached hydrogens (tertiary/aromatic N) is 2. The smallest absolute Gasteiger partial charge is 0.240 e. The van der Waals surface area contributed by atoms with Crippen LogP contribution in [0.15, 0.2) is 41.4 Å². The molecule has 0 saturated heterocycles. The fraction of sp³-hybridized carbons (Fsp3) is 0.263. The Kier molecular flexibility index (Phi) is 4.24. The molecule has 7 nitrogen and oxygen atoms in total. The molecular weight excluding hydrogens is 364 g/mol. The number of pyridine rings is 1. The SMILES string of the molecule is CNS(=O)(=O)c1ccc(-c2ccnc3[nH]c4c(c23)CN(C(C)=O)CC4)cc1. The normalized spacial score (nSPS) is 14.4. The first-order valence-electron chi connectivity index (χ1n) is 8.68. The van der Waals surface area contributed by atoms with E-state index in [0.29, 0.717) is 13.1 Å². The molecule has 2 N–H and O–H groups in total. The maximum absolute atomic E-state index is 11.9. The van der Waals surface area contributed by atoms with Crippen molar-refractivity contribution in [3.05, 3.63) is 47.8 Å². The van der Waals surface area contributed by atoms with Crippen LogP contribution in [0.5, 0.6) is 0 Å². The standard InChI is InChI=1S/C19H20N4O3S/c1-12(24)23-10-8-17-16(11-23)18-15(7-9-21-19(18)22-17)13-3-5-14(6-4-13)27(25,26)20-2/h3-7,9,20H,8,10-11H2,1-2H3,(H,21,22). The molecule has 1 aromatic carbocycles. The molecule has 4 rings (SSSR count). The quantitative estimate of drug-likeness (QED) is 0.722. The van der Waals surface area contributed by atoms with Crippen molar-refractivity contribution in [3.8, 4) is 11.1 Å². The lowest BCUT2D eigenvalue weighted by atomic mass is 9.98. The molecule has 3 heterocycles. The maximum atomic E-state index is 11.9. The summed E-state index contributed by atoms with van der Waals surface area (Å²) in [7, 11) is -2.08. The molecule has 0 unspecified atom stereocenters. The van der Waals surface area contributed by atoms with E-state index >= 15 is 0 Å². The molecule has 140 valence electrons. The first-order valence-corrected chi connectivity index (χ1v) is 10.2. The van der Waals surface area contributed by atoms with Crippen molar-refractivity contribution < 1.29 is 13.2 Å². The van der Waals surface area contributed by atoms with Crippen molar-refractivity contribution in [2.75, 3.05) is 13.6 Å². The van der Waals surface area contributed by atoms with Gasteiger partial charge >= 0.3 is 0 Å². The van der Waals surface area contributed by atoms with E-state index in [1.54, 1.807) is 37.4 Å². The number of nitrogens with one attached hydrogen (secondary N) is 2. The number of rotatable bonds is 3. The van der Waals surface area contributed by atoms with Gasteiger partial charge in [0, 0.05) is 49.3 Å². The average Bonchev–Trinajstić information content (AvgIpc) is 3.06. The van der Waals surface area contributed by atoms with Crippen molar-refractivity contribution in [3.63, 3.8) is 0 Å². The van der Waals surface area contributed by atoms with Gasteiger partial charge in [0.2, 0.25) is 15.9 Å². The summed E-state index contributed by atoms with van der Waals surface area (Å²) in [6.07, 6.45) is 2.50. The van der Waals surface area contributed by atoms with E-state index in [2.05, 4.69) is 14.7 Å². The van der Waals surface area contributed by atoms with Crippen molar-refractivity contribution in [2.45, 2.75) is 24.8 Å². The Morgan fingerprint density at radius 3 is 2.63 bits per heavy atom. The Morgan fingerprint density at radius 1 is 1.22 bits per heavy atom. The summed E-state index contributed by atoms with van der Waals surface area (Å²) in [5.41, 5.74) is 4.85. The number of carbonyl (C=O) groups is 1. The largest absolute Gasteiger partial charge is 0.343 e. The summed E-state index contributed by atoms with van der Waals surface area (Å²) >= 11 is 0. The fourth-order valence-corrected chi connectivity index (χ4v) is 4.31. The molecule has 1 amide bonds. The number of amides is 1. The lowest BCUT2D eigenvalue weighted by Gasteiger charge is -2.26. The minimum atomic E-state index is -3.47. The second-order valence-electron chi connectivity index (χ2n) is 6.59. The summed E-state index contributed by atoms with van der Waals surface area (Å²) in [5, 5.41) is 0.989. The minimum Gasteiger partial charge on any atom is -0.343 e. The van der Waals surface area contributed by atoms with Crippen molar-refractivity contribution >= 4 is 27.0 Å². The topological polar surface area (TPSA) is 95.2 Å². The molecule has 0 spiro atoms. The highest BCUT2D eigenvalue weighted by atomic mass is 32.2. The van der Waals surface area contributed by atoms with Gasteiger partial charge in [-0.15, -0.1) is 0 Å². The first-order chi connectivity index (χ1) is 12.9. The number of fused-ring (bicyclic) bond motifs is 3. The van der Waals surface area contributed by atoms with Gasteiger partial charge in [0.1, 0.15) is 5.65 Å². The van der Waals surface area contributed by atoms with Gasteiger partial charge in [-0.25, -0.2) is 18.1 Å². The highest BCUT2D eigenvalue weighted by Gasteiger charge is 2.24. The Hall–Kier alpha value is -2.71. The molecule has 0 bridgehead atoms. The van der Waals surface area contributed by atoms with Crippen LogP contribution in [0.3, 0.4) is 0 Å². The fourth-order valence-electron chi connectivity index (χ4n) is 3.58. The molecule has 1 aliphatic heterocycles. The molecule has 3 aromatic rings. The number of H-pyrrole nitrogens is 1. The Bertz CT molecular complexity index is 1130. The molecule has 1 aliphatic rings. The summed E-state index contributed by atoms with van der Waals surface area (Å²) in [6.45, 7) is 2.83. The van der Waals surface area contributed by atoms with Gasteiger partial charge in [0.25, 0.3) is 0 Å². The lowest BCUT2D eigenvalue weighted by Crippen LogP contribution is -2.33. The van der Waals surface area contributed by atoms with E-state index in [4.69, 9.17) is 0 Å². The van der Waals surface area contributed by atoms with Crippen molar-refractivity contribution in [1.29, 1.82) is 0 Å².